The minimum absolute atomic E-state index is 0.0832. The van der Waals surface area contributed by atoms with Crippen LogP contribution >= 0.6 is 0 Å². The molecule has 2 atom stereocenters. The van der Waals surface area contributed by atoms with Crippen LogP contribution < -0.4 is 26.4 Å². The zero-order valence-corrected chi connectivity index (χ0v) is 27.4. The number of benzene rings is 1. The third kappa shape index (κ3) is 9.67. The van der Waals surface area contributed by atoms with Gasteiger partial charge >= 0.3 is 0 Å². The molecule has 0 radical (unpaired) electrons. The van der Waals surface area contributed by atoms with Crippen molar-refractivity contribution in [3.05, 3.63) is 47.7 Å². The van der Waals surface area contributed by atoms with E-state index in [2.05, 4.69) is 62.2 Å². The van der Waals surface area contributed by atoms with Crippen LogP contribution in [0.4, 0.5) is 23.1 Å². The van der Waals surface area contributed by atoms with Crippen LogP contribution in [-0.4, -0.2) is 104 Å². The number of rotatable bonds is 14. The van der Waals surface area contributed by atoms with Gasteiger partial charge in [0.2, 0.25) is 17.8 Å². The van der Waals surface area contributed by atoms with E-state index in [0.29, 0.717) is 37.7 Å². The topological polar surface area (TPSA) is 121 Å². The molecule has 44 heavy (non-hydrogen) atoms. The highest BCUT2D eigenvalue weighted by molar-refractivity contribution is 5.92. The van der Waals surface area contributed by atoms with E-state index in [0.717, 1.165) is 29.9 Å². The van der Waals surface area contributed by atoms with Gasteiger partial charge in [0.05, 0.1) is 17.4 Å². The number of hydrogen-bond acceptors (Lipinski definition) is 10. The van der Waals surface area contributed by atoms with E-state index in [1.165, 1.54) is 16.5 Å². The number of hydrazine groups is 1. The van der Waals surface area contributed by atoms with Crippen LogP contribution in [0, 0.1) is 11.8 Å². The second kappa shape index (κ2) is 16.6. The summed E-state index contributed by atoms with van der Waals surface area (Å²) in [5, 5.41) is 11.6. The summed E-state index contributed by atoms with van der Waals surface area (Å²) in [6, 6.07) is 5.64. The number of amides is 2. The van der Waals surface area contributed by atoms with Gasteiger partial charge in [0.15, 0.2) is 0 Å². The first-order valence-electron chi connectivity index (χ1n) is 15.0. The molecule has 2 heterocycles. The van der Waals surface area contributed by atoms with Gasteiger partial charge in [-0.15, -0.1) is 0 Å². The molecule has 2 amide bonds. The Bertz CT molecular complexity index is 1360. The summed E-state index contributed by atoms with van der Waals surface area (Å²) in [5.41, 5.74) is 7.37. The zero-order valence-electron chi connectivity index (χ0n) is 27.4. The fourth-order valence-corrected chi connectivity index (χ4v) is 4.46. The lowest BCUT2D eigenvalue weighted by molar-refractivity contribution is -0.135. The number of nitrogens with zero attached hydrogens (tertiary/aromatic N) is 6. The molecule has 0 saturated carbocycles. The molecule has 1 aliphatic heterocycles. The van der Waals surface area contributed by atoms with Gasteiger partial charge in [0.25, 0.3) is 0 Å². The first-order chi connectivity index (χ1) is 21.0. The first kappa shape index (κ1) is 34.3. The third-order valence-corrected chi connectivity index (χ3v) is 7.14. The number of anilines is 4. The Morgan fingerprint density at radius 2 is 1.95 bits per heavy atom. The summed E-state index contributed by atoms with van der Waals surface area (Å²) < 4.78 is 0. The highest BCUT2D eigenvalue weighted by Crippen LogP contribution is 2.35. The molecule has 12 heteroatoms. The van der Waals surface area contributed by atoms with Crippen molar-refractivity contribution in [2.24, 2.45) is 0 Å². The van der Waals surface area contributed by atoms with E-state index in [-0.39, 0.29) is 18.0 Å². The van der Waals surface area contributed by atoms with Crippen LogP contribution in [0.15, 0.2) is 36.5 Å². The average Bonchev–Trinajstić information content (AvgIpc) is 3.33. The number of likely N-dealkylation sites (N-methyl/N-ethyl adjacent to an activating group) is 2. The molecule has 0 aliphatic carbocycles. The van der Waals surface area contributed by atoms with E-state index in [4.69, 9.17) is 4.98 Å². The zero-order chi connectivity index (χ0) is 32.2. The Labute approximate surface area is 262 Å². The van der Waals surface area contributed by atoms with Crippen LogP contribution in [0.25, 0.3) is 0 Å². The summed E-state index contributed by atoms with van der Waals surface area (Å²) >= 11 is 0. The molecule has 1 aliphatic rings. The maximum absolute atomic E-state index is 12.5. The smallest absolute Gasteiger partial charge is 0.246 e. The monoisotopic (exact) mass is 604 g/mol. The van der Waals surface area contributed by atoms with Crippen molar-refractivity contribution in [2.75, 3.05) is 77.6 Å². The molecule has 0 spiro atoms. The van der Waals surface area contributed by atoms with Crippen LogP contribution in [-0.2, 0) is 9.59 Å². The van der Waals surface area contributed by atoms with Gasteiger partial charge in [-0.3, -0.25) is 14.5 Å². The van der Waals surface area contributed by atoms with Crippen molar-refractivity contribution < 1.29 is 9.59 Å². The van der Waals surface area contributed by atoms with Gasteiger partial charge in [0.1, 0.15) is 18.0 Å². The number of carbonyl (C=O) groups is 2. The van der Waals surface area contributed by atoms with Gasteiger partial charge < -0.3 is 30.8 Å². The highest BCUT2D eigenvalue weighted by Gasteiger charge is 2.27. The SMILES string of the molecule is CCCNc1nc(Nc2ccc3c(c2)C(N(C)C)NN3C)ncc1C#CCCCNC(=O)[C@H](C)N(C)C(=O)/C=C/CN(C)C. The maximum atomic E-state index is 12.5. The van der Waals surface area contributed by atoms with Gasteiger partial charge in [-0.2, -0.15) is 4.98 Å². The molecule has 3 rings (SSSR count). The van der Waals surface area contributed by atoms with E-state index in [9.17, 15) is 9.59 Å². The van der Waals surface area contributed by atoms with Crippen LogP contribution in [0.1, 0.15) is 50.4 Å². The van der Waals surface area contributed by atoms with Gasteiger partial charge in [-0.1, -0.05) is 24.8 Å². The molecule has 0 bridgehead atoms. The molecule has 1 unspecified atom stereocenters. The summed E-state index contributed by atoms with van der Waals surface area (Å²) in [6.45, 7) is 5.71. The number of carbonyl (C=O) groups excluding carboxylic acids is 2. The molecule has 4 N–H and O–H groups in total. The molecular weight excluding hydrogens is 556 g/mol. The van der Waals surface area contributed by atoms with E-state index in [1.807, 2.05) is 51.2 Å². The number of hydrogen-bond donors (Lipinski definition) is 4. The Hall–Kier alpha value is -4.18. The van der Waals surface area contributed by atoms with Crippen LogP contribution in [0.2, 0.25) is 0 Å². The normalized spacial score (nSPS) is 14.8. The standard InChI is InChI=1S/C32H48N10O2/c1-9-18-33-29-24(14-11-10-12-19-34-31(44)23(2)41(7)28(43)15-13-20-39(3)4)22-35-32(37-29)36-25-16-17-27-26(21-25)30(40(5)6)38-42(27)8/h13,15-17,21-23,30,38H,9-10,12,18-20H2,1-8H3,(H,34,44)(H2,33,35,36,37)/b15-13+/t23-,30?/m0/s1. The van der Waals surface area contributed by atoms with Crippen molar-refractivity contribution in [1.29, 1.82) is 0 Å². The molecule has 238 valence electrons. The molecule has 0 saturated heterocycles. The Kier molecular flexibility index (Phi) is 13.0. The number of unbranched alkanes of at least 4 members (excludes halogenated alkanes) is 1. The predicted octanol–water partition coefficient (Wildman–Crippen LogP) is 2.77. The summed E-state index contributed by atoms with van der Waals surface area (Å²) in [5.74, 6) is 7.13. The predicted molar refractivity (Wildman–Crippen MR) is 178 cm³/mol. The van der Waals surface area contributed by atoms with E-state index in [1.54, 1.807) is 26.2 Å². The highest BCUT2D eigenvalue weighted by atomic mass is 16.2. The fourth-order valence-electron chi connectivity index (χ4n) is 4.46. The third-order valence-electron chi connectivity index (χ3n) is 7.14. The number of aromatic nitrogens is 2. The van der Waals surface area contributed by atoms with Gasteiger partial charge in [-0.05, 0) is 66.2 Å². The van der Waals surface area contributed by atoms with Gasteiger partial charge in [0, 0.05) is 57.5 Å². The fraction of sp³-hybridized carbons (Fsp3) is 0.500. The first-order valence-corrected chi connectivity index (χ1v) is 15.0. The summed E-state index contributed by atoms with van der Waals surface area (Å²) in [6.07, 6.45) is 7.32. The molecule has 2 aromatic rings. The summed E-state index contributed by atoms with van der Waals surface area (Å²) in [4.78, 5) is 39.6. The lowest BCUT2D eigenvalue weighted by Gasteiger charge is -2.23. The minimum atomic E-state index is -0.571. The van der Waals surface area contributed by atoms with Crippen molar-refractivity contribution in [1.82, 2.24) is 35.4 Å². The molecular formula is C32H48N10O2. The maximum Gasteiger partial charge on any atom is 0.246 e. The number of fused-ring (bicyclic) bond motifs is 1. The Morgan fingerprint density at radius 1 is 1.18 bits per heavy atom. The average molecular weight is 605 g/mol. The minimum Gasteiger partial charge on any atom is -0.369 e. The van der Waals surface area contributed by atoms with Crippen molar-refractivity contribution in [3.8, 4) is 11.8 Å². The van der Waals surface area contributed by atoms with Crippen molar-refractivity contribution in [3.63, 3.8) is 0 Å². The Morgan fingerprint density at radius 3 is 2.66 bits per heavy atom. The van der Waals surface area contributed by atoms with Crippen LogP contribution in [0.3, 0.4) is 0 Å². The molecule has 12 nitrogen and oxygen atoms in total. The molecule has 0 fully saturated rings. The van der Waals surface area contributed by atoms with Crippen molar-refractivity contribution in [2.45, 2.75) is 45.3 Å². The number of nitrogens with one attached hydrogen (secondary N) is 4. The second-order valence-electron chi connectivity index (χ2n) is 11.3. The van der Waals surface area contributed by atoms with E-state index >= 15 is 0 Å². The molecule has 1 aromatic heterocycles. The lowest BCUT2D eigenvalue weighted by atomic mass is 10.1. The van der Waals surface area contributed by atoms with E-state index < -0.39 is 6.04 Å². The second-order valence-corrected chi connectivity index (χ2v) is 11.3. The van der Waals surface area contributed by atoms with Crippen LogP contribution in [0.5, 0.6) is 0 Å². The Balaban J connectivity index is 1.56. The largest absolute Gasteiger partial charge is 0.369 e. The lowest BCUT2D eigenvalue weighted by Crippen LogP contribution is -2.45. The summed E-state index contributed by atoms with van der Waals surface area (Å²) in [7, 11) is 11.6. The molecule has 1 aromatic carbocycles. The quantitative estimate of drug-likeness (QED) is 0.146. The van der Waals surface area contributed by atoms with Crippen molar-refractivity contribution >= 4 is 35.0 Å². The van der Waals surface area contributed by atoms with Gasteiger partial charge in [-0.25, -0.2) is 10.4 Å².